The fourth-order valence-electron chi connectivity index (χ4n) is 2.89. The number of fused-ring (bicyclic) bond motifs is 1. The lowest BCUT2D eigenvalue weighted by Gasteiger charge is -2.32. The molecule has 6 heteroatoms. The van der Waals surface area contributed by atoms with Crippen molar-refractivity contribution in [2.75, 3.05) is 26.3 Å². The Morgan fingerprint density at radius 2 is 2.29 bits per heavy atom. The number of nitrogens with zero attached hydrogens (tertiary/aromatic N) is 1. The Hall–Kier alpha value is -0.810. The monoisotopic (exact) mass is 328 g/mol. The normalized spacial score (nSPS) is 22.0. The highest BCUT2D eigenvalue weighted by atomic mass is 35.5. The first-order chi connectivity index (χ1) is 10.1. The van der Waals surface area contributed by atoms with Crippen LogP contribution in [0.15, 0.2) is 12.1 Å². The summed E-state index contributed by atoms with van der Waals surface area (Å²) in [5.74, 6) is 0.162. The number of ether oxygens (including phenoxy) is 1. The van der Waals surface area contributed by atoms with Crippen LogP contribution in [-0.4, -0.2) is 43.2 Å². The van der Waals surface area contributed by atoms with Gasteiger partial charge in [-0.15, -0.1) is 0 Å². The fraction of sp³-hybridized carbons (Fsp3) is 0.533. The van der Waals surface area contributed by atoms with E-state index < -0.39 is 0 Å². The first-order valence-corrected chi connectivity index (χ1v) is 7.95. The predicted octanol–water partition coefficient (Wildman–Crippen LogP) is 2.26. The highest BCUT2D eigenvalue weighted by Crippen LogP contribution is 2.32. The van der Waals surface area contributed by atoms with Crippen LogP contribution < -0.4 is 5.32 Å². The van der Waals surface area contributed by atoms with E-state index in [0.29, 0.717) is 36.2 Å². The zero-order chi connectivity index (χ0) is 14.8. The van der Waals surface area contributed by atoms with Crippen LogP contribution in [0.2, 0.25) is 10.0 Å². The van der Waals surface area contributed by atoms with Gasteiger partial charge in [-0.3, -0.25) is 4.79 Å². The molecule has 0 radical (unpaired) electrons. The molecule has 2 aliphatic heterocycles. The summed E-state index contributed by atoms with van der Waals surface area (Å²) in [4.78, 5) is 14.3. The molecule has 21 heavy (non-hydrogen) atoms. The van der Waals surface area contributed by atoms with Crippen molar-refractivity contribution in [3.63, 3.8) is 0 Å². The van der Waals surface area contributed by atoms with E-state index in [1.807, 2.05) is 11.0 Å². The van der Waals surface area contributed by atoms with E-state index in [9.17, 15) is 4.79 Å². The van der Waals surface area contributed by atoms with E-state index in [4.69, 9.17) is 27.9 Å². The van der Waals surface area contributed by atoms with Crippen LogP contribution in [0.3, 0.4) is 0 Å². The Labute approximate surface area is 134 Å². The Morgan fingerprint density at radius 3 is 3.05 bits per heavy atom. The first-order valence-electron chi connectivity index (χ1n) is 7.20. The van der Waals surface area contributed by atoms with Crippen molar-refractivity contribution < 1.29 is 9.53 Å². The molecule has 3 rings (SSSR count). The quantitative estimate of drug-likeness (QED) is 0.905. The van der Waals surface area contributed by atoms with Gasteiger partial charge in [-0.1, -0.05) is 29.3 Å². The minimum absolute atomic E-state index is 0.126. The molecule has 2 heterocycles. The van der Waals surface area contributed by atoms with Crippen molar-refractivity contribution in [1.82, 2.24) is 10.2 Å². The topological polar surface area (TPSA) is 41.6 Å². The highest BCUT2D eigenvalue weighted by molar-refractivity contribution is 6.42. The van der Waals surface area contributed by atoms with Gasteiger partial charge in [-0.25, -0.2) is 0 Å². The molecule has 114 valence electrons. The summed E-state index contributed by atoms with van der Waals surface area (Å²) in [5.41, 5.74) is 2.17. The maximum Gasteiger partial charge on any atom is 0.224 e. The zero-order valence-electron chi connectivity index (χ0n) is 11.7. The standard InChI is InChI=1S/C15H18Cl2N2O2/c16-13-2-1-10-8-19(5-3-12(10)15(13)17)14(20)7-11-9-21-6-4-18-11/h1-2,11,18H,3-9H2. The van der Waals surface area contributed by atoms with Crippen molar-refractivity contribution in [3.05, 3.63) is 33.3 Å². The number of carbonyl (C=O) groups is 1. The molecule has 1 N–H and O–H groups in total. The summed E-state index contributed by atoms with van der Waals surface area (Å²) in [6.07, 6.45) is 1.24. The summed E-state index contributed by atoms with van der Waals surface area (Å²) in [6, 6.07) is 3.89. The summed E-state index contributed by atoms with van der Waals surface area (Å²) in [6.45, 7) is 3.45. The molecule has 0 aliphatic carbocycles. The smallest absolute Gasteiger partial charge is 0.224 e. The van der Waals surface area contributed by atoms with Gasteiger partial charge in [0.2, 0.25) is 5.91 Å². The molecule has 1 fully saturated rings. The molecule has 4 nitrogen and oxygen atoms in total. The Balaban J connectivity index is 1.65. The van der Waals surface area contributed by atoms with Crippen LogP contribution in [0.25, 0.3) is 0 Å². The second-order valence-electron chi connectivity index (χ2n) is 5.49. The van der Waals surface area contributed by atoms with Crippen molar-refractivity contribution >= 4 is 29.1 Å². The summed E-state index contributed by atoms with van der Waals surface area (Å²) in [7, 11) is 0. The molecular formula is C15H18Cl2N2O2. The predicted molar refractivity (Wildman–Crippen MR) is 82.8 cm³/mol. The molecule has 1 atom stereocenters. The van der Waals surface area contributed by atoms with Gasteiger partial charge in [0.15, 0.2) is 0 Å². The number of hydrogen-bond acceptors (Lipinski definition) is 3. The lowest BCUT2D eigenvalue weighted by molar-refractivity contribution is -0.133. The van der Waals surface area contributed by atoms with Crippen LogP contribution in [0.1, 0.15) is 17.5 Å². The van der Waals surface area contributed by atoms with Crippen molar-refractivity contribution in [1.29, 1.82) is 0 Å². The minimum atomic E-state index is 0.126. The first kappa shape index (κ1) is 15.1. The second kappa shape index (κ2) is 6.53. The maximum absolute atomic E-state index is 12.4. The molecule has 2 aliphatic rings. The number of nitrogens with one attached hydrogen (secondary N) is 1. The number of halogens is 2. The number of rotatable bonds is 2. The average molecular weight is 329 g/mol. The molecule has 1 aromatic carbocycles. The number of benzene rings is 1. The van der Waals surface area contributed by atoms with Gasteiger partial charge < -0.3 is 15.0 Å². The summed E-state index contributed by atoms with van der Waals surface area (Å²) in [5, 5.41) is 4.52. The number of amides is 1. The maximum atomic E-state index is 12.4. The molecule has 0 aromatic heterocycles. The van der Waals surface area contributed by atoms with E-state index in [1.54, 1.807) is 6.07 Å². The molecule has 0 bridgehead atoms. The molecule has 1 aromatic rings. The Morgan fingerprint density at radius 1 is 1.43 bits per heavy atom. The van der Waals surface area contributed by atoms with E-state index in [-0.39, 0.29) is 11.9 Å². The lowest BCUT2D eigenvalue weighted by atomic mass is 9.99. The largest absolute Gasteiger partial charge is 0.378 e. The second-order valence-corrected chi connectivity index (χ2v) is 6.28. The van der Waals surface area contributed by atoms with E-state index in [0.717, 1.165) is 30.7 Å². The third kappa shape index (κ3) is 3.34. The van der Waals surface area contributed by atoms with Crippen LogP contribution in [0, 0.1) is 0 Å². The van der Waals surface area contributed by atoms with Gasteiger partial charge in [0.1, 0.15) is 0 Å². The SMILES string of the molecule is O=C(CC1COCCN1)N1CCc2c(ccc(Cl)c2Cl)C1. The van der Waals surface area contributed by atoms with Gasteiger partial charge in [0.05, 0.1) is 23.3 Å². The lowest BCUT2D eigenvalue weighted by Crippen LogP contribution is -2.46. The van der Waals surface area contributed by atoms with E-state index in [2.05, 4.69) is 5.32 Å². The summed E-state index contributed by atoms with van der Waals surface area (Å²) < 4.78 is 5.39. The summed E-state index contributed by atoms with van der Waals surface area (Å²) >= 11 is 12.3. The van der Waals surface area contributed by atoms with Gasteiger partial charge in [-0.2, -0.15) is 0 Å². The van der Waals surface area contributed by atoms with Crippen molar-refractivity contribution in [2.45, 2.75) is 25.4 Å². The van der Waals surface area contributed by atoms with Gasteiger partial charge in [-0.05, 0) is 23.6 Å². The molecule has 0 saturated carbocycles. The van der Waals surface area contributed by atoms with Crippen LogP contribution in [-0.2, 0) is 22.5 Å². The number of hydrogen-bond donors (Lipinski definition) is 1. The number of carbonyl (C=O) groups excluding carboxylic acids is 1. The molecule has 1 unspecified atom stereocenters. The van der Waals surface area contributed by atoms with E-state index in [1.165, 1.54) is 0 Å². The highest BCUT2D eigenvalue weighted by Gasteiger charge is 2.25. The minimum Gasteiger partial charge on any atom is -0.378 e. The van der Waals surface area contributed by atoms with E-state index >= 15 is 0 Å². The fourth-order valence-corrected chi connectivity index (χ4v) is 3.34. The molecule has 0 spiro atoms. The molecular weight excluding hydrogens is 311 g/mol. The van der Waals surface area contributed by atoms with Gasteiger partial charge in [0, 0.05) is 32.1 Å². The third-order valence-electron chi connectivity index (χ3n) is 4.06. The zero-order valence-corrected chi connectivity index (χ0v) is 13.2. The Bertz CT molecular complexity index is 545. The van der Waals surface area contributed by atoms with Crippen LogP contribution >= 0.6 is 23.2 Å². The van der Waals surface area contributed by atoms with Gasteiger partial charge >= 0.3 is 0 Å². The van der Waals surface area contributed by atoms with Crippen molar-refractivity contribution in [2.24, 2.45) is 0 Å². The molecule has 1 saturated heterocycles. The average Bonchev–Trinajstić information content (AvgIpc) is 2.51. The van der Waals surface area contributed by atoms with Crippen LogP contribution in [0.4, 0.5) is 0 Å². The number of morpholine rings is 1. The van der Waals surface area contributed by atoms with Crippen molar-refractivity contribution in [3.8, 4) is 0 Å². The third-order valence-corrected chi connectivity index (χ3v) is 4.90. The van der Waals surface area contributed by atoms with Gasteiger partial charge in [0.25, 0.3) is 0 Å². The molecule has 1 amide bonds. The van der Waals surface area contributed by atoms with Crippen LogP contribution in [0.5, 0.6) is 0 Å². The Kier molecular flexibility index (Phi) is 4.69.